The van der Waals surface area contributed by atoms with Gasteiger partial charge >= 0.3 is 12.2 Å². The molecule has 0 radical (unpaired) electrons. The average Bonchev–Trinajstić information content (AvgIpc) is 3.79. The van der Waals surface area contributed by atoms with Crippen molar-refractivity contribution in [3.8, 4) is 0 Å². The Hall–Kier alpha value is -3.22. The maximum absolute atomic E-state index is 12.6. The predicted molar refractivity (Wildman–Crippen MR) is 157 cm³/mol. The van der Waals surface area contributed by atoms with Gasteiger partial charge in [-0.05, 0) is 25.0 Å². The Bertz CT molecular complexity index is 1290. The van der Waals surface area contributed by atoms with E-state index in [1.54, 1.807) is 9.80 Å². The van der Waals surface area contributed by atoms with Crippen LogP contribution < -0.4 is 0 Å². The highest BCUT2D eigenvalue weighted by atomic mass is 16.8. The van der Waals surface area contributed by atoms with E-state index in [4.69, 9.17) is 28.4 Å². The minimum Gasteiger partial charge on any atom is -0.445 e. The summed E-state index contributed by atoms with van der Waals surface area (Å²) in [6.07, 6.45) is -2.14. The highest BCUT2D eigenvalue weighted by Gasteiger charge is 2.61. The van der Waals surface area contributed by atoms with Crippen molar-refractivity contribution in [2.45, 2.75) is 89.5 Å². The Morgan fingerprint density at radius 1 is 0.795 bits per heavy atom. The van der Waals surface area contributed by atoms with Crippen LogP contribution in [-0.2, 0) is 41.6 Å². The Kier molecular flexibility index (Phi) is 8.85. The molecule has 11 nitrogen and oxygen atoms in total. The zero-order valence-corrected chi connectivity index (χ0v) is 25.6. The van der Waals surface area contributed by atoms with E-state index in [0.717, 1.165) is 11.1 Å². The van der Waals surface area contributed by atoms with Crippen LogP contribution in [0.25, 0.3) is 0 Å². The van der Waals surface area contributed by atoms with Crippen molar-refractivity contribution < 1.29 is 43.1 Å². The van der Waals surface area contributed by atoms with Gasteiger partial charge in [0.15, 0.2) is 12.1 Å². The van der Waals surface area contributed by atoms with Gasteiger partial charge in [-0.25, -0.2) is 9.59 Å². The Morgan fingerprint density at radius 3 is 1.89 bits per heavy atom. The second-order valence-electron chi connectivity index (χ2n) is 12.8. The first-order valence-electron chi connectivity index (χ1n) is 15.4. The number of aliphatic hydroxyl groups excluding tert-OH is 1. The van der Waals surface area contributed by atoms with Crippen LogP contribution in [0.3, 0.4) is 0 Å². The van der Waals surface area contributed by atoms with E-state index in [2.05, 4.69) is 6.92 Å². The van der Waals surface area contributed by atoms with Crippen LogP contribution in [0.15, 0.2) is 60.7 Å². The first kappa shape index (κ1) is 30.8. The van der Waals surface area contributed by atoms with Crippen molar-refractivity contribution >= 4 is 12.2 Å². The minimum absolute atomic E-state index is 0.0691. The van der Waals surface area contributed by atoms with Crippen molar-refractivity contribution in [2.24, 2.45) is 11.8 Å². The highest BCUT2D eigenvalue weighted by Crippen LogP contribution is 2.45. The monoisotopic (exact) mass is 610 g/mol. The second-order valence-corrected chi connectivity index (χ2v) is 12.8. The van der Waals surface area contributed by atoms with Crippen LogP contribution >= 0.6 is 0 Å². The number of hydrogen-bond donors (Lipinski definition) is 1. The zero-order chi connectivity index (χ0) is 31.0. The normalized spacial score (nSPS) is 34.5. The van der Waals surface area contributed by atoms with Gasteiger partial charge in [-0.15, -0.1) is 0 Å². The number of rotatable bonds is 4. The van der Waals surface area contributed by atoms with Gasteiger partial charge in [0.05, 0.1) is 30.9 Å². The maximum Gasteiger partial charge on any atom is 0.410 e. The molecule has 2 aromatic carbocycles. The molecular formula is C33H42N2O9. The molecule has 0 spiro atoms. The fourth-order valence-electron chi connectivity index (χ4n) is 6.92. The molecule has 7 rings (SSSR count). The van der Waals surface area contributed by atoms with E-state index in [1.165, 1.54) is 0 Å². The summed E-state index contributed by atoms with van der Waals surface area (Å²) in [7, 11) is 0. The topological polar surface area (TPSA) is 116 Å². The summed E-state index contributed by atoms with van der Waals surface area (Å²) in [6, 6.07) is 18.8. The summed E-state index contributed by atoms with van der Waals surface area (Å²) in [5.41, 5.74) is 1.92. The predicted octanol–water partition coefficient (Wildman–Crippen LogP) is 3.92. The SMILES string of the molecule is C[C@@H]1CN(C(=O)OCc2ccccc2)[C@@H]2[C@H]3OC(C)(C)O[C@H]3O[C@@H]21.C[C@@H]1CN(C(=O)OCc2ccccc2)[C@H]2[C@@H]1OC[C@@H]2O. The van der Waals surface area contributed by atoms with Crippen LogP contribution in [0, 0.1) is 11.8 Å². The van der Waals surface area contributed by atoms with E-state index in [9.17, 15) is 14.7 Å². The Morgan fingerprint density at radius 2 is 1.32 bits per heavy atom. The van der Waals surface area contributed by atoms with Crippen LogP contribution in [0.1, 0.15) is 38.8 Å². The average molecular weight is 611 g/mol. The minimum atomic E-state index is -0.689. The van der Waals surface area contributed by atoms with Crippen LogP contribution in [0.2, 0.25) is 0 Å². The standard InChI is InChI=1S/C18H23NO5.C15H19NO4/c1-11-9-19(17(20)21-10-12-7-5-4-6-8-12)13-14(11)22-16-15(13)23-18(2,3)24-16;1-10-7-16(13-12(17)9-19-14(10)13)15(18)20-8-11-5-3-2-4-6-11/h4-8,11,13-16H,9-10H2,1-3H3;2-6,10,12-14,17H,7-9H2,1H3/t11-,13+,14-,15-,16-;10-,12+,13-,14-/m11/s1. The third kappa shape index (κ3) is 6.29. The van der Waals surface area contributed by atoms with Crippen molar-refractivity contribution in [2.75, 3.05) is 19.7 Å². The van der Waals surface area contributed by atoms with Gasteiger partial charge in [0.2, 0.25) is 0 Å². The van der Waals surface area contributed by atoms with E-state index in [1.807, 2.05) is 81.4 Å². The van der Waals surface area contributed by atoms with E-state index < -0.39 is 18.2 Å². The van der Waals surface area contributed by atoms with Crippen molar-refractivity contribution in [3.05, 3.63) is 71.8 Å². The lowest BCUT2D eigenvalue weighted by atomic mass is 10.0. The number of ether oxygens (including phenoxy) is 6. The van der Waals surface area contributed by atoms with Gasteiger partial charge in [0.1, 0.15) is 25.4 Å². The summed E-state index contributed by atoms with van der Waals surface area (Å²) in [5.74, 6) is -0.243. The molecule has 5 aliphatic rings. The van der Waals surface area contributed by atoms with Gasteiger partial charge in [-0.3, -0.25) is 9.80 Å². The molecule has 5 heterocycles. The van der Waals surface area contributed by atoms with Gasteiger partial charge < -0.3 is 33.5 Å². The molecule has 0 saturated carbocycles. The summed E-state index contributed by atoms with van der Waals surface area (Å²) in [4.78, 5) is 28.1. The molecule has 0 unspecified atom stereocenters. The lowest BCUT2D eigenvalue weighted by molar-refractivity contribution is -0.209. The summed E-state index contributed by atoms with van der Waals surface area (Å²) >= 11 is 0. The van der Waals surface area contributed by atoms with Crippen LogP contribution in [0.5, 0.6) is 0 Å². The quantitative estimate of drug-likeness (QED) is 0.550. The van der Waals surface area contributed by atoms with Gasteiger partial charge in [-0.1, -0.05) is 74.5 Å². The molecule has 5 fully saturated rings. The molecule has 0 aliphatic carbocycles. The number of fused-ring (bicyclic) bond motifs is 4. The van der Waals surface area contributed by atoms with E-state index >= 15 is 0 Å². The molecular weight excluding hydrogens is 568 g/mol. The van der Waals surface area contributed by atoms with Crippen molar-refractivity contribution in [1.29, 1.82) is 0 Å². The fourth-order valence-corrected chi connectivity index (χ4v) is 6.92. The summed E-state index contributed by atoms with van der Waals surface area (Å²) in [6.45, 7) is 9.81. The molecule has 44 heavy (non-hydrogen) atoms. The Labute approximate surface area is 257 Å². The second kappa shape index (κ2) is 12.6. The van der Waals surface area contributed by atoms with Crippen molar-refractivity contribution in [3.63, 3.8) is 0 Å². The number of amides is 2. The number of carbonyl (C=O) groups excluding carboxylic acids is 2. The molecule has 9 atom stereocenters. The van der Waals surface area contributed by atoms with Crippen LogP contribution in [-0.4, -0.2) is 95.4 Å². The lowest BCUT2D eigenvalue weighted by Gasteiger charge is -2.27. The third-order valence-electron chi connectivity index (χ3n) is 8.93. The number of hydrogen-bond acceptors (Lipinski definition) is 9. The first-order valence-corrected chi connectivity index (χ1v) is 15.4. The number of likely N-dealkylation sites (tertiary alicyclic amines) is 2. The number of aliphatic hydroxyl groups is 1. The number of benzene rings is 2. The molecule has 238 valence electrons. The lowest BCUT2D eigenvalue weighted by Crippen LogP contribution is -2.46. The molecule has 5 aliphatic heterocycles. The fraction of sp³-hybridized carbons (Fsp3) is 0.576. The molecule has 11 heteroatoms. The summed E-state index contributed by atoms with van der Waals surface area (Å²) < 4.78 is 34.2. The van der Waals surface area contributed by atoms with Gasteiger partial charge in [-0.2, -0.15) is 0 Å². The zero-order valence-electron chi connectivity index (χ0n) is 25.6. The molecule has 5 saturated heterocycles. The molecule has 2 amide bonds. The van der Waals surface area contributed by atoms with Gasteiger partial charge in [0.25, 0.3) is 0 Å². The number of carbonyl (C=O) groups is 2. The van der Waals surface area contributed by atoms with Crippen LogP contribution in [0.4, 0.5) is 9.59 Å². The first-order chi connectivity index (χ1) is 21.1. The Balaban J connectivity index is 0.000000159. The summed E-state index contributed by atoms with van der Waals surface area (Å²) in [5, 5.41) is 9.95. The molecule has 0 bridgehead atoms. The maximum atomic E-state index is 12.6. The smallest absolute Gasteiger partial charge is 0.410 e. The molecule has 1 N–H and O–H groups in total. The van der Waals surface area contributed by atoms with E-state index in [0.29, 0.717) is 19.7 Å². The van der Waals surface area contributed by atoms with E-state index in [-0.39, 0.29) is 67.6 Å². The molecule has 2 aromatic rings. The van der Waals surface area contributed by atoms with Gasteiger partial charge in [0, 0.05) is 24.9 Å². The molecule has 0 aromatic heterocycles. The number of nitrogens with zero attached hydrogens (tertiary/aromatic N) is 2. The third-order valence-corrected chi connectivity index (χ3v) is 8.93. The van der Waals surface area contributed by atoms with Crippen molar-refractivity contribution in [1.82, 2.24) is 9.80 Å². The largest absolute Gasteiger partial charge is 0.445 e. The highest BCUT2D eigenvalue weighted by molar-refractivity contribution is 5.69.